The first-order chi connectivity index (χ1) is 14.2. The highest BCUT2D eigenvalue weighted by molar-refractivity contribution is 7.91. The van der Waals surface area contributed by atoms with E-state index in [1.54, 1.807) is 12.4 Å². The largest absolute Gasteiger partial charge is 0.453 e. The molecular weight excluding hydrogens is 430 g/mol. The smallest absolute Gasteiger partial charge is 0.410 e. The number of carbonyl (C=O) groups excluding carboxylic acids is 1. The summed E-state index contributed by atoms with van der Waals surface area (Å²) in [5.41, 5.74) is 0.0274. The van der Waals surface area contributed by atoms with Crippen LogP contribution in [0.5, 0.6) is 0 Å². The molecule has 2 heterocycles. The molecular formula is C20H28ClN3O5S. The molecule has 166 valence electrons. The van der Waals surface area contributed by atoms with Crippen molar-refractivity contribution in [2.45, 2.75) is 67.9 Å². The molecule has 1 amide bonds. The number of aromatic nitrogens is 2. The van der Waals surface area contributed by atoms with Crippen LogP contribution >= 0.6 is 11.6 Å². The van der Waals surface area contributed by atoms with Crippen LogP contribution in [0.4, 0.5) is 4.79 Å². The number of halogens is 1. The van der Waals surface area contributed by atoms with Gasteiger partial charge >= 0.3 is 6.09 Å². The average molecular weight is 458 g/mol. The van der Waals surface area contributed by atoms with Crippen LogP contribution in [0.2, 0.25) is 5.02 Å². The standard InChI is InChI=1S/C20H28ClN3O5S/c1-12-6-17(30(3,26)27)16(24(12)19(25)28-2)11-29-15-4-5-20(8-13(20)7-15)18-22-9-14(21)10-23-18/h9-10,12-13,15-17H,4-8,11H2,1-3H3/t12-,13?,15?,16-,17+,20?/m1/s1. The highest BCUT2D eigenvalue weighted by Crippen LogP contribution is 2.61. The fourth-order valence-corrected chi connectivity index (χ4v) is 6.88. The van der Waals surface area contributed by atoms with Crippen LogP contribution in [0.25, 0.3) is 0 Å². The zero-order chi connectivity index (χ0) is 21.7. The fraction of sp³-hybridized carbons (Fsp3) is 0.750. The molecule has 0 N–H and O–H groups in total. The quantitative estimate of drug-likeness (QED) is 0.670. The second kappa shape index (κ2) is 7.91. The second-order valence-corrected chi connectivity index (χ2v) is 11.6. The predicted molar refractivity (Wildman–Crippen MR) is 111 cm³/mol. The van der Waals surface area contributed by atoms with Gasteiger partial charge in [0, 0.05) is 30.1 Å². The van der Waals surface area contributed by atoms with Crippen LogP contribution in [0.3, 0.4) is 0 Å². The summed E-state index contributed by atoms with van der Waals surface area (Å²) in [4.78, 5) is 22.6. The van der Waals surface area contributed by atoms with Crippen molar-refractivity contribution in [3.63, 3.8) is 0 Å². The maximum absolute atomic E-state index is 12.3. The number of methoxy groups -OCH3 is 1. The van der Waals surface area contributed by atoms with E-state index in [2.05, 4.69) is 9.97 Å². The molecule has 2 aliphatic carbocycles. The van der Waals surface area contributed by atoms with Gasteiger partial charge in [0.2, 0.25) is 0 Å². The molecule has 30 heavy (non-hydrogen) atoms. The molecule has 10 heteroatoms. The average Bonchev–Trinajstić information content (AvgIpc) is 3.33. The number of likely N-dealkylation sites (tertiary alicyclic amines) is 1. The molecule has 3 aliphatic rings. The molecule has 0 radical (unpaired) electrons. The van der Waals surface area contributed by atoms with E-state index in [9.17, 15) is 13.2 Å². The van der Waals surface area contributed by atoms with Crippen LogP contribution in [0, 0.1) is 5.92 Å². The Balaban J connectivity index is 1.40. The van der Waals surface area contributed by atoms with Crippen molar-refractivity contribution >= 4 is 27.5 Å². The number of amides is 1. The number of hydrogen-bond donors (Lipinski definition) is 0. The van der Waals surface area contributed by atoms with Crippen molar-refractivity contribution in [3.8, 4) is 0 Å². The molecule has 1 aromatic heterocycles. The maximum Gasteiger partial charge on any atom is 0.410 e. The molecule has 4 rings (SSSR count). The fourth-order valence-electron chi connectivity index (χ4n) is 5.37. The Labute approximate surface area is 182 Å². The third-order valence-corrected chi connectivity index (χ3v) is 8.83. The van der Waals surface area contributed by atoms with Crippen molar-refractivity contribution in [1.82, 2.24) is 14.9 Å². The molecule has 1 aromatic rings. The number of sulfone groups is 1. The van der Waals surface area contributed by atoms with Crippen LogP contribution in [-0.2, 0) is 24.7 Å². The molecule has 3 unspecified atom stereocenters. The van der Waals surface area contributed by atoms with Crippen molar-refractivity contribution < 1.29 is 22.7 Å². The maximum atomic E-state index is 12.3. The summed E-state index contributed by atoms with van der Waals surface area (Å²) in [5.74, 6) is 1.32. The van der Waals surface area contributed by atoms with Gasteiger partial charge in [-0.25, -0.2) is 23.2 Å². The van der Waals surface area contributed by atoms with E-state index < -0.39 is 27.2 Å². The summed E-state index contributed by atoms with van der Waals surface area (Å²) in [6.45, 7) is 2.04. The summed E-state index contributed by atoms with van der Waals surface area (Å²) in [5, 5.41) is -0.108. The Morgan fingerprint density at radius 3 is 2.63 bits per heavy atom. The summed E-state index contributed by atoms with van der Waals surface area (Å²) < 4.78 is 35.7. The normalized spacial score (nSPS) is 35.7. The zero-order valence-corrected chi connectivity index (χ0v) is 19.0. The number of hydrogen-bond acceptors (Lipinski definition) is 7. The van der Waals surface area contributed by atoms with E-state index in [-0.39, 0.29) is 24.2 Å². The monoisotopic (exact) mass is 457 g/mol. The molecule has 2 saturated carbocycles. The Morgan fingerprint density at radius 2 is 2.03 bits per heavy atom. The first-order valence-electron chi connectivity index (χ1n) is 10.3. The summed E-state index contributed by atoms with van der Waals surface area (Å²) in [7, 11) is -2.01. The van der Waals surface area contributed by atoms with E-state index in [0.717, 1.165) is 31.5 Å². The van der Waals surface area contributed by atoms with Crippen LogP contribution in [-0.4, -0.2) is 72.8 Å². The molecule has 3 fully saturated rings. The third-order valence-electron chi connectivity index (χ3n) is 7.03. The topological polar surface area (TPSA) is 98.7 Å². The molecule has 8 nitrogen and oxygen atoms in total. The zero-order valence-electron chi connectivity index (χ0n) is 17.5. The minimum atomic E-state index is -3.32. The van der Waals surface area contributed by atoms with Crippen molar-refractivity contribution in [2.75, 3.05) is 20.0 Å². The first-order valence-corrected chi connectivity index (χ1v) is 12.6. The SMILES string of the molecule is COC(=O)N1[C@H](C)C[C@H](S(C)(=O)=O)[C@H]1COC1CCC2(c3ncc(Cl)cn3)CC2C1. The van der Waals surface area contributed by atoms with Gasteiger partial charge in [-0.3, -0.25) is 4.90 Å². The van der Waals surface area contributed by atoms with Gasteiger partial charge in [0.1, 0.15) is 5.82 Å². The van der Waals surface area contributed by atoms with Crippen molar-refractivity contribution in [3.05, 3.63) is 23.2 Å². The minimum absolute atomic E-state index is 0.0274. The number of ether oxygens (including phenoxy) is 2. The Kier molecular flexibility index (Phi) is 5.74. The van der Waals surface area contributed by atoms with Gasteiger partial charge in [-0.15, -0.1) is 0 Å². The molecule has 1 saturated heterocycles. The van der Waals surface area contributed by atoms with E-state index in [4.69, 9.17) is 21.1 Å². The first kappa shape index (κ1) is 21.8. The Morgan fingerprint density at radius 1 is 1.33 bits per heavy atom. The lowest BCUT2D eigenvalue weighted by Gasteiger charge is -2.32. The lowest BCUT2D eigenvalue weighted by atomic mass is 9.86. The minimum Gasteiger partial charge on any atom is -0.453 e. The van der Waals surface area contributed by atoms with Gasteiger partial charge < -0.3 is 9.47 Å². The summed E-state index contributed by atoms with van der Waals surface area (Å²) in [6, 6.07) is -0.747. The lowest BCUT2D eigenvalue weighted by Crippen LogP contribution is -2.47. The molecule has 1 aliphatic heterocycles. The Bertz CT molecular complexity index is 912. The third kappa shape index (κ3) is 3.91. The number of fused-ring (bicyclic) bond motifs is 1. The molecule has 0 spiro atoms. The van der Waals surface area contributed by atoms with E-state index in [1.165, 1.54) is 18.3 Å². The van der Waals surface area contributed by atoms with Crippen molar-refractivity contribution in [1.29, 1.82) is 0 Å². The van der Waals surface area contributed by atoms with Crippen LogP contribution < -0.4 is 0 Å². The summed E-state index contributed by atoms with van der Waals surface area (Å²) in [6.07, 6.45) is 8.14. The van der Waals surface area contributed by atoms with Crippen LogP contribution in [0.15, 0.2) is 12.4 Å². The van der Waals surface area contributed by atoms with E-state index >= 15 is 0 Å². The molecule has 0 bridgehead atoms. The van der Waals surface area contributed by atoms with Gasteiger partial charge in [-0.05, 0) is 44.9 Å². The highest BCUT2D eigenvalue weighted by atomic mass is 35.5. The Hall–Kier alpha value is -1.45. The molecule has 0 aromatic carbocycles. The lowest BCUT2D eigenvalue weighted by molar-refractivity contribution is -0.00702. The highest BCUT2D eigenvalue weighted by Gasteiger charge is 2.60. The predicted octanol–water partition coefficient (Wildman–Crippen LogP) is 2.60. The van der Waals surface area contributed by atoms with Crippen molar-refractivity contribution in [2.24, 2.45) is 5.92 Å². The second-order valence-electron chi connectivity index (χ2n) is 8.91. The van der Waals surface area contributed by atoms with Gasteiger partial charge in [-0.1, -0.05) is 11.6 Å². The summed E-state index contributed by atoms with van der Waals surface area (Å²) >= 11 is 5.91. The van der Waals surface area contributed by atoms with Gasteiger partial charge in [0.05, 0.1) is 36.1 Å². The van der Waals surface area contributed by atoms with Gasteiger partial charge in [-0.2, -0.15) is 0 Å². The van der Waals surface area contributed by atoms with Gasteiger partial charge in [0.15, 0.2) is 9.84 Å². The van der Waals surface area contributed by atoms with E-state index in [0.29, 0.717) is 17.4 Å². The van der Waals surface area contributed by atoms with Crippen LogP contribution in [0.1, 0.15) is 44.9 Å². The van der Waals surface area contributed by atoms with E-state index in [1.807, 2.05) is 6.92 Å². The number of rotatable bonds is 5. The molecule has 6 atom stereocenters. The number of carbonyl (C=O) groups is 1. The van der Waals surface area contributed by atoms with Gasteiger partial charge in [0.25, 0.3) is 0 Å². The number of nitrogens with zero attached hydrogens (tertiary/aromatic N) is 3.